The fourth-order valence-corrected chi connectivity index (χ4v) is 5.03. The van der Waals surface area contributed by atoms with Crippen molar-refractivity contribution in [2.75, 3.05) is 25.6 Å². The number of hydrogen-bond donors (Lipinski definition) is 1. The molecule has 5 rings (SSSR count). The van der Waals surface area contributed by atoms with Crippen molar-refractivity contribution in [3.8, 4) is 11.4 Å². The summed E-state index contributed by atoms with van der Waals surface area (Å²) in [6.07, 6.45) is 3.85. The van der Waals surface area contributed by atoms with Gasteiger partial charge in [0, 0.05) is 67.3 Å². The highest BCUT2D eigenvalue weighted by Gasteiger charge is 2.21. The molecule has 0 saturated carbocycles. The molecule has 1 fully saturated rings. The molecule has 0 radical (unpaired) electrons. The number of nitrogens with zero attached hydrogens (tertiary/aromatic N) is 5. The van der Waals surface area contributed by atoms with Gasteiger partial charge in [0.1, 0.15) is 5.69 Å². The third kappa shape index (κ3) is 5.27. The quantitative estimate of drug-likeness (QED) is 0.362. The van der Waals surface area contributed by atoms with E-state index in [-0.39, 0.29) is 5.91 Å². The van der Waals surface area contributed by atoms with Gasteiger partial charge in [0.05, 0.1) is 11.7 Å². The topological polar surface area (TPSA) is 85.2 Å². The fraction of sp³-hybridized carbons (Fsp3) is 0.400. The molecule has 0 aliphatic carbocycles. The maximum Gasteiger partial charge on any atom is 0.273 e. The maximum absolute atomic E-state index is 13.8. The van der Waals surface area contributed by atoms with Crippen LogP contribution in [0.4, 0.5) is 5.69 Å². The Hall–Kier alpha value is -3.78. The Morgan fingerprint density at radius 2 is 1.89 bits per heavy atom. The summed E-state index contributed by atoms with van der Waals surface area (Å²) in [5.74, 6) is 0.413. The van der Waals surface area contributed by atoms with Crippen molar-refractivity contribution in [1.29, 1.82) is 0 Å². The lowest BCUT2D eigenvalue weighted by Gasteiger charge is -2.25. The lowest BCUT2D eigenvalue weighted by atomic mass is 10.0. The zero-order valence-corrected chi connectivity index (χ0v) is 22.9. The smallest absolute Gasteiger partial charge is 0.273 e. The third-order valence-electron chi connectivity index (χ3n) is 7.38. The molecular weight excluding hydrogens is 476 g/mol. The number of carbonyl (C=O) groups excluding carboxylic acids is 1. The Balaban J connectivity index is 1.48. The number of rotatable bonds is 7. The maximum atomic E-state index is 13.8. The number of aromatic nitrogens is 4. The zero-order valence-electron chi connectivity index (χ0n) is 22.9. The van der Waals surface area contributed by atoms with Crippen LogP contribution in [0.3, 0.4) is 0 Å². The number of hydrogen-bond acceptors (Lipinski definition) is 6. The van der Waals surface area contributed by atoms with E-state index in [0.717, 1.165) is 77.1 Å². The number of nitrogens with one attached hydrogen (secondary N) is 1. The van der Waals surface area contributed by atoms with Crippen LogP contribution in [-0.4, -0.2) is 56.9 Å². The molecule has 198 valence electrons. The Kier molecular flexibility index (Phi) is 7.42. The third-order valence-corrected chi connectivity index (χ3v) is 7.38. The first-order chi connectivity index (χ1) is 18.3. The SMILES string of the molecule is CCn1ncc(CN(C)C(=O)c2nc(-c3ccc(NC4CCOCC4)c(C)c3)nc3ccc(C)cc23)c1C. The number of benzene rings is 2. The molecule has 0 unspecified atom stereocenters. The number of carbonyl (C=O) groups is 1. The number of aryl methyl sites for hydroxylation is 3. The van der Waals surface area contributed by atoms with Gasteiger partial charge in [-0.15, -0.1) is 0 Å². The van der Waals surface area contributed by atoms with Crippen molar-refractivity contribution in [2.24, 2.45) is 0 Å². The second kappa shape index (κ2) is 10.9. The summed E-state index contributed by atoms with van der Waals surface area (Å²) < 4.78 is 7.43. The predicted octanol–water partition coefficient (Wildman–Crippen LogP) is 5.30. The summed E-state index contributed by atoms with van der Waals surface area (Å²) >= 11 is 0. The van der Waals surface area contributed by atoms with Crippen LogP contribution in [0.5, 0.6) is 0 Å². The van der Waals surface area contributed by atoms with Crippen LogP contribution in [0, 0.1) is 20.8 Å². The van der Waals surface area contributed by atoms with Gasteiger partial charge in [-0.3, -0.25) is 9.48 Å². The largest absolute Gasteiger partial charge is 0.382 e. The van der Waals surface area contributed by atoms with Gasteiger partial charge in [0.25, 0.3) is 5.91 Å². The van der Waals surface area contributed by atoms with E-state index < -0.39 is 0 Å². The molecule has 0 spiro atoms. The molecule has 4 aromatic rings. The van der Waals surface area contributed by atoms with Gasteiger partial charge in [-0.1, -0.05) is 11.6 Å². The lowest BCUT2D eigenvalue weighted by molar-refractivity contribution is 0.0781. The lowest BCUT2D eigenvalue weighted by Crippen LogP contribution is -2.28. The second-order valence-electron chi connectivity index (χ2n) is 10.2. The highest BCUT2D eigenvalue weighted by atomic mass is 16.5. The number of anilines is 1. The minimum atomic E-state index is -0.137. The van der Waals surface area contributed by atoms with Gasteiger partial charge in [-0.2, -0.15) is 5.10 Å². The van der Waals surface area contributed by atoms with E-state index in [1.807, 2.05) is 56.0 Å². The zero-order chi connectivity index (χ0) is 26.8. The molecule has 2 aromatic heterocycles. The molecule has 0 atom stereocenters. The van der Waals surface area contributed by atoms with Gasteiger partial charge in [0.15, 0.2) is 5.82 Å². The summed E-state index contributed by atoms with van der Waals surface area (Å²) in [4.78, 5) is 25.2. The minimum Gasteiger partial charge on any atom is -0.382 e. The monoisotopic (exact) mass is 512 g/mol. The summed E-state index contributed by atoms with van der Waals surface area (Å²) in [5, 5.41) is 8.85. The van der Waals surface area contributed by atoms with Gasteiger partial charge >= 0.3 is 0 Å². The van der Waals surface area contributed by atoms with Crippen LogP contribution in [-0.2, 0) is 17.8 Å². The number of fused-ring (bicyclic) bond motifs is 1. The molecule has 2 aromatic carbocycles. The molecule has 1 aliphatic heterocycles. The van der Waals surface area contributed by atoms with Gasteiger partial charge in [0.2, 0.25) is 0 Å². The minimum absolute atomic E-state index is 0.137. The number of ether oxygens (including phenoxy) is 1. The van der Waals surface area contributed by atoms with Crippen molar-refractivity contribution in [3.63, 3.8) is 0 Å². The molecule has 38 heavy (non-hydrogen) atoms. The van der Waals surface area contributed by atoms with Crippen molar-refractivity contribution in [3.05, 3.63) is 70.7 Å². The number of amides is 1. The molecule has 1 saturated heterocycles. The Bertz CT molecular complexity index is 1470. The van der Waals surface area contributed by atoms with Crippen molar-refractivity contribution >= 4 is 22.5 Å². The molecule has 3 heterocycles. The summed E-state index contributed by atoms with van der Waals surface area (Å²) in [6, 6.07) is 12.6. The van der Waals surface area contributed by atoms with E-state index in [1.54, 1.807) is 4.90 Å². The fourth-order valence-electron chi connectivity index (χ4n) is 5.03. The van der Waals surface area contributed by atoms with E-state index in [9.17, 15) is 4.79 Å². The van der Waals surface area contributed by atoms with E-state index in [1.165, 1.54) is 0 Å². The first-order valence-electron chi connectivity index (χ1n) is 13.3. The van der Waals surface area contributed by atoms with Crippen molar-refractivity contribution in [1.82, 2.24) is 24.6 Å². The summed E-state index contributed by atoms with van der Waals surface area (Å²) in [7, 11) is 1.81. The summed E-state index contributed by atoms with van der Waals surface area (Å²) in [6.45, 7) is 11.1. The molecule has 0 bridgehead atoms. The van der Waals surface area contributed by atoms with Crippen LogP contribution < -0.4 is 5.32 Å². The first-order valence-corrected chi connectivity index (χ1v) is 13.3. The Morgan fingerprint density at radius 3 is 2.61 bits per heavy atom. The molecule has 1 N–H and O–H groups in total. The average molecular weight is 513 g/mol. The van der Waals surface area contributed by atoms with Crippen molar-refractivity contribution < 1.29 is 9.53 Å². The average Bonchev–Trinajstić information content (AvgIpc) is 3.28. The Morgan fingerprint density at radius 1 is 1.11 bits per heavy atom. The van der Waals surface area contributed by atoms with E-state index in [4.69, 9.17) is 14.7 Å². The van der Waals surface area contributed by atoms with Crippen molar-refractivity contribution in [2.45, 2.75) is 59.7 Å². The normalized spacial score (nSPS) is 14.1. The highest BCUT2D eigenvalue weighted by molar-refractivity contribution is 6.05. The van der Waals surface area contributed by atoms with Crippen LogP contribution in [0.1, 0.15) is 52.6 Å². The van der Waals surface area contributed by atoms with Crippen LogP contribution in [0.2, 0.25) is 0 Å². The molecule has 8 heteroatoms. The predicted molar refractivity (Wildman–Crippen MR) is 150 cm³/mol. The van der Waals surface area contributed by atoms with E-state index >= 15 is 0 Å². The standard InChI is InChI=1S/C30H36N6O2/c1-6-36-21(4)23(17-31-36)18-35(5)30(37)28-25-15-19(2)7-9-27(25)33-29(34-28)22-8-10-26(20(3)16-22)32-24-11-13-38-14-12-24/h7-10,15-17,24,32H,6,11-14,18H2,1-5H3. The first kappa shape index (κ1) is 25.9. The second-order valence-corrected chi connectivity index (χ2v) is 10.2. The highest BCUT2D eigenvalue weighted by Crippen LogP contribution is 2.28. The van der Waals surface area contributed by atoms with Crippen LogP contribution in [0.25, 0.3) is 22.3 Å². The molecule has 1 amide bonds. The summed E-state index contributed by atoms with van der Waals surface area (Å²) in [5.41, 5.74) is 7.45. The van der Waals surface area contributed by atoms with Gasteiger partial charge in [-0.25, -0.2) is 9.97 Å². The van der Waals surface area contributed by atoms with Crippen LogP contribution in [0.15, 0.2) is 42.6 Å². The van der Waals surface area contributed by atoms with E-state index in [0.29, 0.717) is 24.1 Å². The molecule has 1 aliphatic rings. The van der Waals surface area contributed by atoms with Gasteiger partial charge in [-0.05, 0) is 76.4 Å². The van der Waals surface area contributed by atoms with Crippen LogP contribution >= 0.6 is 0 Å². The Labute approximate surface area is 224 Å². The molecular formula is C30H36N6O2. The van der Waals surface area contributed by atoms with Gasteiger partial charge < -0.3 is 15.0 Å². The van der Waals surface area contributed by atoms with E-state index in [2.05, 4.69) is 36.4 Å². The molecule has 8 nitrogen and oxygen atoms in total.